The quantitative estimate of drug-likeness (QED) is 0.891. The zero-order valence-electron chi connectivity index (χ0n) is 11.6. The highest BCUT2D eigenvalue weighted by Crippen LogP contribution is 2.20. The Balaban J connectivity index is 1.90. The van der Waals surface area contributed by atoms with Gasteiger partial charge < -0.3 is 15.2 Å². The van der Waals surface area contributed by atoms with Crippen molar-refractivity contribution < 1.29 is 14.3 Å². The maximum absolute atomic E-state index is 10.9. The molecule has 21 heavy (non-hydrogen) atoms. The summed E-state index contributed by atoms with van der Waals surface area (Å²) in [4.78, 5) is 10.9. The number of primary amides is 1. The molecule has 2 rings (SSSR count). The zero-order valence-corrected chi connectivity index (χ0v) is 12.3. The van der Waals surface area contributed by atoms with Gasteiger partial charge in [-0.2, -0.15) is 0 Å². The third-order valence-corrected chi connectivity index (χ3v) is 3.11. The molecule has 4 nitrogen and oxygen atoms in total. The minimum atomic E-state index is -0.661. The zero-order chi connectivity index (χ0) is 15.2. The topological polar surface area (TPSA) is 61.6 Å². The van der Waals surface area contributed by atoms with Gasteiger partial charge in [-0.25, -0.2) is 0 Å². The van der Waals surface area contributed by atoms with Crippen molar-refractivity contribution in [2.45, 2.75) is 19.6 Å². The summed E-state index contributed by atoms with van der Waals surface area (Å²) in [5, 5.41) is 0.698. The van der Waals surface area contributed by atoms with Gasteiger partial charge in [0.2, 0.25) is 0 Å². The van der Waals surface area contributed by atoms with Gasteiger partial charge in [0.25, 0.3) is 5.91 Å². The molecule has 2 aromatic rings. The van der Waals surface area contributed by atoms with Crippen molar-refractivity contribution in [2.75, 3.05) is 0 Å². The van der Waals surface area contributed by atoms with Crippen LogP contribution in [0.3, 0.4) is 0 Å². The first-order chi connectivity index (χ1) is 10.0. The summed E-state index contributed by atoms with van der Waals surface area (Å²) >= 11 is 5.82. The van der Waals surface area contributed by atoms with E-state index in [9.17, 15) is 4.79 Å². The first-order valence-corrected chi connectivity index (χ1v) is 6.85. The summed E-state index contributed by atoms with van der Waals surface area (Å²) in [6.45, 7) is 2.06. The third kappa shape index (κ3) is 4.68. The Morgan fingerprint density at radius 3 is 2.24 bits per heavy atom. The van der Waals surface area contributed by atoms with Crippen molar-refractivity contribution in [1.82, 2.24) is 0 Å². The van der Waals surface area contributed by atoms with Crippen molar-refractivity contribution >= 4 is 17.5 Å². The minimum absolute atomic E-state index is 0.453. The lowest BCUT2D eigenvalue weighted by atomic mass is 10.2. The number of hydrogen-bond donors (Lipinski definition) is 1. The Morgan fingerprint density at radius 1 is 1.10 bits per heavy atom. The molecule has 0 saturated heterocycles. The standard InChI is InChI=1S/C16H16ClNO3/c1-11(16(18)19)21-15-8-6-14(7-9-15)20-10-12-2-4-13(17)5-3-12/h2-9,11H,10H2,1H3,(H2,18,19). The Morgan fingerprint density at radius 2 is 1.67 bits per heavy atom. The molecule has 1 unspecified atom stereocenters. The van der Waals surface area contributed by atoms with Crippen LogP contribution in [-0.4, -0.2) is 12.0 Å². The lowest BCUT2D eigenvalue weighted by molar-refractivity contribution is -0.123. The monoisotopic (exact) mass is 305 g/mol. The normalized spacial score (nSPS) is 11.7. The highest BCUT2D eigenvalue weighted by atomic mass is 35.5. The maximum atomic E-state index is 10.9. The van der Waals surface area contributed by atoms with Crippen LogP contribution in [0.1, 0.15) is 12.5 Å². The molecular formula is C16H16ClNO3. The summed E-state index contributed by atoms with van der Waals surface area (Å²) in [6.07, 6.45) is -0.661. The number of rotatable bonds is 6. The van der Waals surface area contributed by atoms with Gasteiger partial charge in [0.1, 0.15) is 18.1 Å². The van der Waals surface area contributed by atoms with E-state index in [0.717, 1.165) is 5.56 Å². The van der Waals surface area contributed by atoms with Crippen molar-refractivity contribution in [2.24, 2.45) is 5.73 Å². The molecule has 0 spiro atoms. The largest absolute Gasteiger partial charge is 0.489 e. The number of carbonyl (C=O) groups excluding carboxylic acids is 1. The van der Waals surface area contributed by atoms with Crippen LogP contribution in [0.4, 0.5) is 0 Å². The van der Waals surface area contributed by atoms with E-state index in [0.29, 0.717) is 23.1 Å². The molecule has 1 amide bonds. The van der Waals surface area contributed by atoms with E-state index in [2.05, 4.69) is 0 Å². The van der Waals surface area contributed by atoms with E-state index in [1.54, 1.807) is 31.2 Å². The molecule has 0 fully saturated rings. The van der Waals surface area contributed by atoms with Crippen LogP contribution in [0, 0.1) is 0 Å². The summed E-state index contributed by atoms with van der Waals surface area (Å²) < 4.78 is 11.0. The van der Waals surface area contributed by atoms with Crippen LogP contribution in [0.5, 0.6) is 11.5 Å². The molecular weight excluding hydrogens is 290 g/mol. The SMILES string of the molecule is CC(Oc1ccc(OCc2ccc(Cl)cc2)cc1)C(N)=O. The minimum Gasteiger partial charge on any atom is -0.489 e. The second-order valence-corrected chi connectivity index (χ2v) is 4.99. The van der Waals surface area contributed by atoms with E-state index in [4.69, 9.17) is 26.8 Å². The molecule has 0 saturated carbocycles. The summed E-state index contributed by atoms with van der Waals surface area (Å²) in [5.41, 5.74) is 6.17. The van der Waals surface area contributed by atoms with E-state index < -0.39 is 12.0 Å². The smallest absolute Gasteiger partial charge is 0.258 e. The van der Waals surface area contributed by atoms with Crippen LogP contribution in [0.25, 0.3) is 0 Å². The van der Waals surface area contributed by atoms with Gasteiger partial charge in [0.15, 0.2) is 6.10 Å². The van der Waals surface area contributed by atoms with Crippen molar-refractivity contribution in [3.63, 3.8) is 0 Å². The molecule has 5 heteroatoms. The Labute approximate surface area is 128 Å². The molecule has 0 aliphatic rings. The number of hydrogen-bond acceptors (Lipinski definition) is 3. The highest BCUT2D eigenvalue weighted by molar-refractivity contribution is 6.30. The molecule has 0 bridgehead atoms. The Kier molecular flexibility index (Phi) is 5.06. The maximum Gasteiger partial charge on any atom is 0.258 e. The first-order valence-electron chi connectivity index (χ1n) is 6.48. The van der Waals surface area contributed by atoms with Gasteiger partial charge in [0.05, 0.1) is 0 Å². The van der Waals surface area contributed by atoms with Crippen molar-refractivity contribution in [1.29, 1.82) is 0 Å². The number of benzene rings is 2. The number of ether oxygens (including phenoxy) is 2. The lowest BCUT2D eigenvalue weighted by Gasteiger charge is -2.12. The van der Waals surface area contributed by atoms with Crippen molar-refractivity contribution in [3.8, 4) is 11.5 Å². The van der Waals surface area contributed by atoms with E-state index in [-0.39, 0.29) is 0 Å². The van der Waals surface area contributed by atoms with E-state index in [1.165, 1.54) is 0 Å². The van der Waals surface area contributed by atoms with Crippen molar-refractivity contribution in [3.05, 3.63) is 59.1 Å². The van der Waals surface area contributed by atoms with Gasteiger partial charge in [-0.05, 0) is 48.9 Å². The molecule has 0 aromatic heterocycles. The molecule has 0 radical (unpaired) electrons. The molecule has 2 N–H and O–H groups in total. The fourth-order valence-corrected chi connectivity index (χ4v) is 1.75. The first kappa shape index (κ1) is 15.2. The second-order valence-electron chi connectivity index (χ2n) is 4.55. The van der Waals surface area contributed by atoms with Gasteiger partial charge >= 0.3 is 0 Å². The average Bonchev–Trinajstić information content (AvgIpc) is 2.48. The molecule has 2 aromatic carbocycles. The molecule has 0 heterocycles. The van der Waals surface area contributed by atoms with Gasteiger partial charge in [-0.15, -0.1) is 0 Å². The highest BCUT2D eigenvalue weighted by Gasteiger charge is 2.09. The number of amides is 1. The Bertz CT molecular complexity index is 596. The fourth-order valence-electron chi connectivity index (χ4n) is 1.62. The summed E-state index contributed by atoms with van der Waals surface area (Å²) in [6, 6.07) is 14.5. The average molecular weight is 306 g/mol. The van der Waals surface area contributed by atoms with Gasteiger partial charge in [-0.3, -0.25) is 4.79 Å². The van der Waals surface area contributed by atoms with Gasteiger partial charge in [-0.1, -0.05) is 23.7 Å². The van der Waals surface area contributed by atoms with E-state index >= 15 is 0 Å². The summed E-state index contributed by atoms with van der Waals surface area (Å²) in [7, 11) is 0. The number of halogens is 1. The molecule has 1 atom stereocenters. The molecule has 0 aliphatic carbocycles. The van der Waals surface area contributed by atoms with Crippen LogP contribution in [0.15, 0.2) is 48.5 Å². The molecule has 0 aliphatic heterocycles. The number of nitrogens with two attached hydrogens (primary N) is 1. The summed E-state index contributed by atoms with van der Waals surface area (Å²) in [5.74, 6) is 0.780. The van der Waals surface area contributed by atoms with Crippen LogP contribution >= 0.6 is 11.6 Å². The third-order valence-electron chi connectivity index (χ3n) is 2.86. The van der Waals surface area contributed by atoms with Crippen LogP contribution < -0.4 is 15.2 Å². The predicted octanol–water partition coefficient (Wildman–Crippen LogP) is 3.17. The van der Waals surface area contributed by atoms with E-state index in [1.807, 2.05) is 24.3 Å². The van der Waals surface area contributed by atoms with Crippen LogP contribution in [-0.2, 0) is 11.4 Å². The number of carbonyl (C=O) groups is 1. The molecule has 110 valence electrons. The van der Waals surface area contributed by atoms with Crippen LogP contribution in [0.2, 0.25) is 5.02 Å². The second kappa shape index (κ2) is 6.99. The Hall–Kier alpha value is -2.20. The van der Waals surface area contributed by atoms with Gasteiger partial charge in [0, 0.05) is 5.02 Å². The lowest BCUT2D eigenvalue weighted by Crippen LogP contribution is -2.30. The predicted molar refractivity (Wildman–Crippen MR) is 81.5 cm³/mol. The fraction of sp³-hybridized carbons (Fsp3) is 0.188.